The molecule has 2 aromatic carbocycles. The molecule has 0 aliphatic heterocycles. The first kappa shape index (κ1) is 12.5. The molecule has 2 rings (SSSR count). The van der Waals surface area contributed by atoms with Gasteiger partial charge in [0, 0.05) is 23.9 Å². The molecule has 0 atom stereocenters. The van der Waals surface area contributed by atoms with E-state index in [0.717, 1.165) is 11.6 Å². The Morgan fingerprint density at radius 2 is 1.72 bits per heavy atom. The maximum absolute atomic E-state index is 13.4. The summed E-state index contributed by atoms with van der Waals surface area (Å²) in [5.41, 5.74) is 1.67. The zero-order chi connectivity index (χ0) is 13.1. The van der Waals surface area contributed by atoms with Crippen molar-refractivity contribution in [3.8, 4) is 0 Å². The zero-order valence-electron chi connectivity index (χ0n) is 9.81. The first-order valence-electron chi connectivity index (χ1n) is 5.49. The van der Waals surface area contributed by atoms with Crippen molar-refractivity contribution < 1.29 is 13.2 Å². The van der Waals surface area contributed by atoms with E-state index >= 15 is 0 Å². The highest BCUT2D eigenvalue weighted by molar-refractivity contribution is 5.46. The van der Waals surface area contributed by atoms with E-state index in [1.807, 2.05) is 0 Å². The molecule has 94 valence electrons. The van der Waals surface area contributed by atoms with Gasteiger partial charge in [-0.15, -0.1) is 0 Å². The van der Waals surface area contributed by atoms with E-state index in [-0.39, 0.29) is 12.4 Å². The van der Waals surface area contributed by atoms with Gasteiger partial charge in [-0.1, -0.05) is 6.07 Å². The summed E-state index contributed by atoms with van der Waals surface area (Å²) in [6, 6.07) is 7.87. The number of rotatable bonds is 3. The van der Waals surface area contributed by atoms with Gasteiger partial charge in [0.25, 0.3) is 0 Å². The Kier molecular flexibility index (Phi) is 3.55. The summed E-state index contributed by atoms with van der Waals surface area (Å²) in [7, 11) is 0. The van der Waals surface area contributed by atoms with Gasteiger partial charge in [0.2, 0.25) is 0 Å². The van der Waals surface area contributed by atoms with Crippen LogP contribution in [0.1, 0.15) is 11.1 Å². The number of nitrogens with one attached hydrogen (secondary N) is 1. The first-order valence-corrected chi connectivity index (χ1v) is 5.49. The van der Waals surface area contributed by atoms with Crippen molar-refractivity contribution in [2.45, 2.75) is 13.5 Å². The van der Waals surface area contributed by atoms with Gasteiger partial charge in [-0.3, -0.25) is 0 Å². The Balaban J connectivity index is 2.11. The fraction of sp³-hybridized carbons (Fsp3) is 0.143. The molecule has 1 nitrogen and oxygen atoms in total. The predicted molar refractivity (Wildman–Crippen MR) is 64.8 cm³/mol. The Morgan fingerprint density at radius 3 is 2.39 bits per heavy atom. The van der Waals surface area contributed by atoms with E-state index < -0.39 is 11.6 Å². The molecule has 0 saturated carbocycles. The van der Waals surface area contributed by atoms with Gasteiger partial charge in [0.05, 0.1) is 0 Å². The second kappa shape index (κ2) is 5.12. The summed E-state index contributed by atoms with van der Waals surface area (Å²) in [5.74, 6) is -1.58. The molecule has 0 radical (unpaired) electrons. The van der Waals surface area contributed by atoms with Crippen molar-refractivity contribution in [3.05, 3.63) is 65.0 Å². The molecule has 0 fully saturated rings. The summed E-state index contributed by atoms with van der Waals surface area (Å²) in [5, 5.41) is 2.90. The molecule has 0 aromatic heterocycles. The number of hydrogen-bond donors (Lipinski definition) is 1. The van der Waals surface area contributed by atoms with Crippen molar-refractivity contribution in [2.75, 3.05) is 5.32 Å². The Labute approximate surface area is 103 Å². The van der Waals surface area contributed by atoms with Crippen LogP contribution in [0.2, 0.25) is 0 Å². The number of hydrogen-bond acceptors (Lipinski definition) is 1. The van der Waals surface area contributed by atoms with Crippen LogP contribution in [0.4, 0.5) is 18.9 Å². The maximum atomic E-state index is 13.4. The molecule has 0 bridgehead atoms. The van der Waals surface area contributed by atoms with Crippen LogP contribution in [0, 0.1) is 24.4 Å². The summed E-state index contributed by atoms with van der Waals surface area (Å²) in [6.07, 6.45) is 0. The highest BCUT2D eigenvalue weighted by atomic mass is 19.1. The van der Waals surface area contributed by atoms with E-state index in [4.69, 9.17) is 0 Å². The lowest BCUT2D eigenvalue weighted by molar-refractivity contribution is 0.574. The van der Waals surface area contributed by atoms with Crippen molar-refractivity contribution >= 4 is 5.69 Å². The van der Waals surface area contributed by atoms with E-state index in [9.17, 15) is 13.2 Å². The third-order valence-electron chi connectivity index (χ3n) is 2.54. The summed E-state index contributed by atoms with van der Waals surface area (Å²) >= 11 is 0. The van der Waals surface area contributed by atoms with E-state index in [1.54, 1.807) is 13.0 Å². The third kappa shape index (κ3) is 3.03. The van der Waals surface area contributed by atoms with Crippen molar-refractivity contribution in [1.82, 2.24) is 0 Å². The second-order valence-corrected chi connectivity index (χ2v) is 4.11. The van der Waals surface area contributed by atoms with Crippen LogP contribution < -0.4 is 5.32 Å². The molecule has 0 spiro atoms. The molecule has 4 heteroatoms. The average Bonchev–Trinajstić information content (AvgIpc) is 2.26. The first-order chi connectivity index (χ1) is 8.54. The average molecular weight is 251 g/mol. The smallest absolute Gasteiger partial charge is 0.131 e. The number of benzene rings is 2. The fourth-order valence-corrected chi connectivity index (χ4v) is 1.70. The topological polar surface area (TPSA) is 12.0 Å². The van der Waals surface area contributed by atoms with Gasteiger partial charge >= 0.3 is 0 Å². The molecule has 1 N–H and O–H groups in total. The van der Waals surface area contributed by atoms with Crippen LogP contribution >= 0.6 is 0 Å². The van der Waals surface area contributed by atoms with Crippen molar-refractivity contribution in [2.24, 2.45) is 0 Å². The Hall–Kier alpha value is -1.97. The minimum Gasteiger partial charge on any atom is -0.381 e. The van der Waals surface area contributed by atoms with Crippen molar-refractivity contribution in [1.29, 1.82) is 0 Å². The minimum atomic E-state index is -0.615. The normalized spacial score (nSPS) is 10.4. The van der Waals surface area contributed by atoms with Gasteiger partial charge < -0.3 is 5.32 Å². The van der Waals surface area contributed by atoms with Gasteiger partial charge in [0.1, 0.15) is 17.5 Å². The van der Waals surface area contributed by atoms with E-state index in [1.165, 1.54) is 24.3 Å². The lowest BCUT2D eigenvalue weighted by atomic mass is 10.2. The minimum absolute atomic E-state index is 0.176. The number of aryl methyl sites for hydroxylation is 1. The van der Waals surface area contributed by atoms with Crippen molar-refractivity contribution in [3.63, 3.8) is 0 Å². The second-order valence-electron chi connectivity index (χ2n) is 4.11. The molecule has 0 saturated heterocycles. The van der Waals surface area contributed by atoms with Gasteiger partial charge in [-0.2, -0.15) is 0 Å². The lowest BCUT2D eigenvalue weighted by Gasteiger charge is -2.08. The van der Waals surface area contributed by atoms with Crippen LogP contribution in [-0.2, 0) is 6.54 Å². The predicted octanol–water partition coefficient (Wildman–Crippen LogP) is 4.02. The lowest BCUT2D eigenvalue weighted by Crippen LogP contribution is -2.02. The number of anilines is 1. The maximum Gasteiger partial charge on any atom is 0.131 e. The molecule has 18 heavy (non-hydrogen) atoms. The summed E-state index contributed by atoms with van der Waals surface area (Å²) < 4.78 is 39.2. The van der Waals surface area contributed by atoms with Gasteiger partial charge in [-0.25, -0.2) is 13.2 Å². The summed E-state index contributed by atoms with van der Waals surface area (Å²) in [6.45, 7) is 1.95. The molecule has 0 amide bonds. The zero-order valence-corrected chi connectivity index (χ0v) is 9.81. The van der Waals surface area contributed by atoms with Crippen LogP contribution in [-0.4, -0.2) is 0 Å². The molecule has 0 unspecified atom stereocenters. The van der Waals surface area contributed by atoms with Gasteiger partial charge in [0.15, 0.2) is 0 Å². The third-order valence-corrected chi connectivity index (χ3v) is 2.54. The molecular weight excluding hydrogens is 239 g/mol. The van der Waals surface area contributed by atoms with Crippen LogP contribution in [0.3, 0.4) is 0 Å². The molecule has 0 aliphatic carbocycles. The highest BCUT2D eigenvalue weighted by Gasteiger charge is 2.04. The molecule has 2 aromatic rings. The van der Waals surface area contributed by atoms with Gasteiger partial charge in [-0.05, 0) is 36.8 Å². The van der Waals surface area contributed by atoms with E-state index in [2.05, 4.69) is 5.32 Å². The quantitative estimate of drug-likeness (QED) is 0.868. The van der Waals surface area contributed by atoms with Crippen LogP contribution in [0.5, 0.6) is 0 Å². The van der Waals surface area contributed by atoms with Crippen LogP contribution in [0.15, 0.2) is 36.4 Å². The largest absolute Gasteiger partial charge is 0.381 e. The molecule has 0 aliphatic rings. The molecular formula is C14H12F3N. The standard InChI is InChI=1S/C14H12F3N/c1-9-4-12(16)6-13(5-9)18-8-10-2-3-11(15)7-14(10)17/h2-7,18H,8H2,1H3. The summed E-state index contributed by atoms with van der Waals surface area (Å²) in [4.78, 5) is 0. The Bertz CT molecular complexity index is 547. The number of halogens is 3. The Morgan fingerprint density at radius 1 is 0.944 bits per heavy atom. The fourth-order valence-electron chi connectivity index (χ4n) is 1.70. The highest BCUT2D eigenvalue weighted by Crippen LogP contribution is 2.16. The van der Waals surface area contributed by atoms with Crippen LogP contribution in [0.25, 0.3) is 0 Å². The molecule has 0 heterocycles. The monoisotopic (exact) mass is 251 g/mol. The SMILES string of the molecule is Cc1cc(F)cc(NCc2ccc(F)cc2F)c1. The van der Waals surface area contributed by atoms with E-state index in [0.29, 0.717) is 11.3 Å².